The van der Waals surface area contributed by atoms with E-state index >= 15 is 0 Å². The number of benzene rings is 1. The van der Waals surface area contributed by atoms with Crippen molar-refractivity contribution >= 4 is 17.3 Å². The highest BCUT2D eigenvalue weighted by atomic mass is 35.5. The molecule has 2 atom stereocenters. The number of aliphatic hydroxyl groups is 1. The number of aliphatic hydroxyl groups excluding tert-OH is 1. The number of hydrogen-bond donors (Lipinski definition) is 3. The molecule has 0 saturated carbocycles. The summed E-state index contributed by atoms with van der Waals surface area (Å²) in [6.45, 7) is -0.0500. The van der Waals surface area contributed by atoms with Gasteiger partial charge in [-0.1, -0.05) is 11.6 Å². The standard InChI is InChI=1S/C11H15ClN2O2/c1-16-10-3-2-7(12)6-4-9(8(13)5-15)14-11(6)10/h2-3,8-9,14-15H,4-5,13H2,1H3. The highest BCUT2D eigenvalue weighted by molar-refractivity contribution is 6.32. The Hall–Kier alpha value is -0.970. The van der Waals surface area contributed by atoms with Crippen molar-refractivity contribution in [2.45, 2.75) is 18.5 Å². The number of halogens is 1. The average Bonchev–Trinajstić information content (AvgIpc) is 2.74. The van der Waals surface area contributed by atoms with Crippen LogP contribution in [0, 0.1) is 0 Å². The van der Waals surface area contributed by atoms with E-state index < -0.39 is 0 Å². The topological polar surface area (TPSA) is 67.5 Å². The summed E-state index contributed by atoms with van der Waals surface area (Å²) in [7, 11) is 1.62. The van der Waals surface area contributed by atoms with Crippen molar-refractivity contribution < 1.29 is 9.84 Å². The van der Waals surface area contributed by atoms with Crippen molar-refractivity contribution in [3.8, 4) is 5.75 Å². The Kier molecular flexibility index (Phi) is 3.23. The SMILES string of the molecule is COc1ccc(Cl)c2c1NC(C(N)CO)C2. The number of fused-ring (bicyclic) bond motifs is 1. The molecule has 1 aromatic carbocycles. The van der Waals surface area contributed by atoms with Crippen molar-refractivity contribution in [2.75, 3.05) is 19.0 Å². The largest absolute Gasteiger partial charge is 0.495 e. The molecule has 0 spiro atoms. The third kappa shape index (κ3) is 1.84. The summed E-state index contributed by atoms with van der Waals surface area (Å²) >= 11 is 6.11. The lowest BCUT2D eigenvalue weighted by molar-refractivity contribution is 0.254. The fraction of sp³-hybridized carbons (Fsp3) is 0.455. The van der Waals surface area contributed by atoms with E-state index in [9.17, 15) is 0 Å². The van der Waals surface area contributed by atoms with Crippen LogP contribution in [-0.4, -0.2) is 30.9 Å². The van der Waals surface area contributed by atoms with Crippen LogP contribution in [0.4, 0.5) is 5.69 Å². The van der Waals surface area contributed by atoms with Crippen molar-refractivity contribution in [1.29, 1.82) is 0 Å². The molecule has 0 fully saturated rings. The second-order valence-electron chi connectivity index (χ2n) is 3.90. The van der Waals surface area contributed by atoms with E-state index in [1.165, 1.54) is 0 Å². The van der Waals surface area contributed by atoms with Gasteiger partial charge in [-0.3, -0.25) is 0 Å². The summed E-state index contributed by atoms with van der Waals surface area (Å²) in [5.41, 5.74) is 7.70. The summed E-state index contributed by atoms with van der Waals surface area (Å²) in [6.07, 6.45) is 0.715. The Morgan fingerprint density at radius 3 is 3.06 bits per heavy atom. The first-order valence-corrected chi connectivity index (χ1v) is 5.53. The van der Waals surface area contributed by atoms with Crippen molar-refractivity contribution in [3.05, 3.63) is 22.7 Å². The molecular formula is C11H15ClN2O2. The lowest BCUT2D eigenvalue weighted by Crippen LogP contribution is -2.41. The summed E-state index contributed by atoms with van der Waals surface area (Å²) in [5.74, 6) is 0.757. The molecule has 2 rings (SSSR count). The Morgan fingerprint density at radius 1 is 1.69 bits per heavy atom. The number of nitrogens with two attached hydrogens (primary N) is 1. The van der Waals surface area contributed by atoms with E-state index in [1.54, 1.807) is 7.11 Å². The Morgan fingerprint density at radius 2 is 2.44 bits per heavy atom. The van der Waals surface area contributed by atoms with Gasteiger partial charge in [0, 0.05) is 17.1 Å². The van der Waals surface area contributed by atoms with Gasteiger partial charge in [0.1, 0.15) is 5.75 Å². The molecule has 0 radical (unpaired) electrons. The Bertz CT molecular complexity index is 398. The first-order valence-electron chi connectivity index (χ1n) is 5.15. The molecule has 4 N–H and O–H groups in total. The first-order chi connectivity index (χ1) is 7.67. The quantitative estimate of drug-likeness (QED) is 0.740. The van der Waals surface area contributed by atoms with E-state index in [-0.39, 0.29) is 18.7 Å². The summed E-state index contributed by atoms with van der Waals surface area (Å²) in [5, 5.41) is 13.0. The highest BCUT2D eigenvalue weighted by Crippen LogP contribution is 2.39. The van der Waals surface area contributed by atoms with E-state index in [1.807, 2.05) is 12.1 Å². The van der Waals surface area contributed by atoms with Gasteiger partial charge in [0.2, 0.25) is 0 Å². The number of ether oxygens (including phenoxy) is 1. The van der Waals surface area contributed by atoms with Gasteiger partial charge in [-0.25, -0.2) is 0 Å². The maximum Gasteiger partial charge on any atom is 0.142 e. The molecule has 1 aliphatic heterocycles. The Labute approximate surface area is 99.4 Å². The minimum Gasteiger partial charge on any atom is -0.495 e. The third-order valence-corrected chi connectivity index (χ3v) is 3.27. The van der Waals surface area contributed by atoms with E-state index in [4.69, 9.17) is 27.2 Å². The minimum absolute atomic E-state index is 0.00815. The molecule has 0 amide bonds. The second-order valence-corrected chi connectivity index (χ2v) is 4.31. The molecular weight excluding hydrogens is 228 g/mol. The minimum atomic E-state index is -0.298. The number of methoxy groups -OCH3 is 1. The lowest BCUT2D eigenvalue weighted by Gasteiger charge is -2.17. The number of hydrogen-bond acceptors (Lipinski definition) is 4. The zero-order valence-corrected chi connectivity index (χ0v) is 9.79. The molecule has 0 aliphatic carbocycles. The van der Waals surface area contributed by atoms with E-state index in [0.29, 0.717) is 11.4 Å². The van der Waals surface area contributed by atoms with Crippen LogP contribution in [0.1, 0.15) is 5.56 Å². The molecule has 0 aromatic heterocycles. The van der Waals surface area contributed by atoms with Gasteiger partial charge in [0.25, 0.3) is 0 Å². The van der Waals surface area contributed by atoms with Crippen LogP contribution in [0.15, 0.2) is 12.1 Å². The molecule has 2 unspecified atom stereocenters. The predicted molar refractivity (Wildman–Crippen MR) is 64.2 cm³/mol. The average molecular weight is 243 g/mol. The lowest BCUT2D eigenvalue weighted by atomic mass is 10.0. The van der Waals surface area contributed by atoms with E-state index in [2.05, 4.69) is 5.32 Å². The second kappa shape index (κ2) is 4.49. The molecule has 16 heavy (non-hydrogen) atoms. The van der Waals surface area contributed by atoms with Crippen LogP contribution >= 0.6 is 11.6 Å². The zero-order valence-electron chi connectivity index (χ0n) is 9.03. The number of anilines is 1. The van der Waals surface area contributed by atoms with Gasteiger partial charge in [-0.15, -0.1) is 0 Å². The first kappa shape index (κ1) is 11.5. The predicted octanol–water partition coefficient (Wildman–Crippen LogP) is 1.00. The maximum atomic E-state index is 9.04. The summed E-state index contributed by atoms with van der Waals surface area (Å²) in [4.78, 5) is 0. The molecule has 1 aromatic rings. The number of nitrogens with one attached hydrogen (secondary N) is 1. The monoisotopic (exact) mass is 242 g/mol. The van der Waals surface area contributed by atoms with Crippen LogP contribution in [0.5, 0.6) is 5.75 Å². The molecule has 0 bridgehead atoms. The van der Waals surface area contributed by atoms with Crippen LogP contribution in [0.25, 0.3) is 0 Å². The fourth-order valence-corrected chi connectivity index (χ4v) is 2.21. The van der Waals surface area contributed by atoms with Crippen LogP contribution < -0.4 is 15.8 Å². The summed E-state index contributed by atoms with van der Waals surface area (Å²) in [6, 6.07) is 3.34. The molecule has 4 nitrogen and oxygen atoms in total. The van der Waals surface area contributed by atoms with Gasteiger partial charge in [0.05, 0.1) is 19.4 Å². The van der Waals surface area contributed by atoms with Crippen LogP contribution in [-0.2, 0) is 6.42 Å². The zero-order chi connectivity index (χ0) is 11.7. The van der Waals surface area contributed by atoms with E-state index in [0.717, 1.165) is 17.0 Å². The van der Waals surface area contributed by atoms with Gasteiger partial charge >= 0.3 is 0 Å². The van der Waals surface area contributed by atoms with Crippen LogP contribution in [0.3, 0.4) is 0 Å². The third-order valence-electron chi connectivity index (χ3n) is 2.92. The van der Waals surface area contributed by atoms with Gasteiger partial charge in [0.15, 0.2) is 0 Å². The van der Waals surface area contributed by atoms with Gasteiger partial charge < -0.3 is 20.9 Å². The molecule has 88 valence electrons. The van der Waals surface area contributed by atoms with Crippen molar-refractivity contribution in [3.63, 3.8) is 0 Å². The highest BCUT2D eigenvalue weighted by Gasteiger charge is 2.29. The molecule has 1 heterocycles. The summed E-state index contributed by atoms with van der Waals surface area (Å²) < 4.78 is 5.25. The van der Waals surface area contributed by atoms with Crippen molar-refractivity contribution in [1.82, 2.24) is 0 Å². The molecule has 0 saturated heterocycles. The normalized spacial score (nSPS) is 20.1. The van der Waals surface area contributed by atoms with Gasteiger partial charge in [-0.2, -0.15) is 0 Å². The van der Waals surface area contributed by atoms with Crippen molar-refractivity contribution in [2.24, 2.45) is 5.73 Å². The molecule has 1 aliphatic rings. The number of rotatable bonds is 3. The molecule has 5 heteroatoms. The Balaban J connectivity index is 2.32. The maximum absolute atomic E-state index is 9.04. The van der Waals surface area contributed by atoms with Gasteiger partial charge in [-0.05, 0) is 24.1 Å². The smallest absolute Gasteiger partial charge is 0.142 e. The fourth-order valence-electron chi connectivity index (χ4n) is 1.97. The van der Waals surface area contributed by atoms with Crippen LogP contribution in [0.2, 0.25) is 5.02 Å².